The second-order valence-electron chi connectivity index (χ2n) is 3.15. The summed E-state index contributed by atoms with van der Waals surface area (Å²) >= 11 is 0. The van der Waals surface area contributed by atoms with Crippen LogP contribution in [0.3, 0.4) is 0 Å². The number of carbonyl (C=O) groups excluding carboxylic acids is 1. The van der Waals surface area contributed by atoms with E-state index < -0.39 is 0 Å². The largest absolute Gasteiger partial charge is 0.456 e. The Morgan fingerprint density at radius 3 is 2.75 bits per heavy atom. The van der Waals surface area contributed by atoms with E-state index in [2.05, 4.69) is 10.2 Å². The second kappa shape index (κ2) is 4.57. The van der Waals surface area contributed by atoms with Crippen LogP contribution in [0, 0.1) is 0 Å². The third-order valence-corrected chi connectivity index (χ3v) is 1.89. The summed E-state index contributed by atoms with van der Waals surface area (Å²) in [4.78, 5) is 10.6. The van der Waals surface area contributed by atoms with Gasteiger partial charge in [-0.2, -0.15) is 0 Å². The third-order valence-electron chi connectivity index (χ3n) is 1.89. The molecule has 0 bridgehead atoms. The molecule has 0 saturated heterocycles. The molecular formula is C11H10N2O3. The van der Waals surface area contributed by atoms with Crippen molar-refractivity contribution >= 4 is 5.97 Å². The van der Waals surface area contributed by atoms with Gasteiger partial charge >= 0.3 is 5.97 Å². The summed E-state index contributed by atoms with van der Waals surface area (Å²) < 4.78 is 10.1. The van der Waals surface area contributed by atoms with Gasteiger partial charge in [0.25, 0.3) is 5.89 Å². The van der Waals surface area contributed by atoms with Gasteiger partial charge in [-0.3, -0.25) is 4.79 Å². The van der Waals surface area contributed by atoms with E-state index in [-0.39, 0.29) is 18.5 Å². The first kappa shape index (κ1) is 10.4. The molecule has 2 rings (SSSR count). The number of aromatic nitrogens is 2. The minimum Gasteiger partial charge on any atom is -0.456 e. The average Bonchev–Trinajstić information content (AvgIpc) is 2.76. The van der Waals surface area contributed by atoms with Crippen molar-refractivity contribution in [3.05, 3.63) is 36.2 Å². The molecule has 2 aromatic rings. The molecule has 0 aliphatic rings. The molecule has 82 valence electrons. The maximum atomic E-state index is 10.6. The predicted molar refractivity (Wildman–Crippen MR) is 55.2 cm³/mol. The molecule has 0 saturated carbocycles. The molecule has 0 atom stereocenters. The summed E-state index contributed by atoms with van der Waals surface area (Å²) in [5, 5.41) is 7.63. The van der Waals surface area contributed by atoms with Gasteiger partial charge in [0.1, 0.15) is 0 Å². The fourth-order valence-corrected chi connectivity index (χ4v) is 1.17. The second-order valence-corrected chi connectivity index (χ2v) is 3.15. The van der Waals surface area contributed by atoms with Crippen LogP contribution in [0.1, 0.15) is 12.8 Å². The molecule has 0 unspecified atom stereocenters. The van der Waals surface area contributed by atoms with Crippen molar-refractivity contribution in [2.24, 2.45) is 0 Å². The molecule has 5 heteroatoms. The maximum Gasteiger partial charge on any atom is 0.303 e. The molecule has 0 radical (unpaired) electrons. The van der Waals surface area contributed by atoms with Crippen molar-refractivity contribution < 1.29 is 13.9 Å². The Balaban J connectivity index is 2.11. The van der Waals surface area contributed by atoms with Crippen molar-refractivity contribution in [1.29, 1.82) is 0 Å². The number of hydrogen-bond donors (Lipinski definition) is 0. The lowest BCUT2D eigenvalue weighted by molar-refractivity contribution is -0.142. The highest BCUT2D eigenvalue weighted by molar-refractivity contribution is 5.65. The zero-order valence-electron chi connectivity index (χ0n) is 8.71. The monoisotopic (exact) mass is 218 g/mol. The standard InChI is InChI=1S/C11H10N2O3/c1-8(14)15-7-10-12-13-11(16-10)9-5-3-2-4-6-9/h2-6H,7H2,1H3. The van der Waals surface area contributed by atoms with Gasteiger partial charge in [0.2, 0.25) is 5.89 Å². The summed E-state index contributed by atoms with van der Waals surface area (Å²) in [5.74, 6) is 0.330. The molecular weight excluding hydrogens is 208 g/mol. The fourth-order valence-electron chi connectivity index (χ4n) is 1.17. The lowest BCUT2D eigenvalue weighted by Crippen LogP contribution is -1.98. The van der Waals surface area contributed by atoms with Gasteiger partial charge < -0.3 is 9.15 Å². The Hall–Kier alpha value is -2.17. The van der Waals surface area contributed by atoms with Crippen LogP contribution in [0.4, 0.5) is 0 Å². The first-order chi connectivity index (χ1) is 7.75. The van der Waals surface area contributed by atoms with E-state index in [1.54, 1.807) is 0 Å². The van der Waals surface area contributed by atoms with Crippen LogP contribution < -0.4 is 0 Å². The SMILES string of the molecule is CC(=O)OCc1nnc(-c2ccccc2)o1. The van der Waals surface area contributed by atoms with Crippen molar-refractivity contribution in [3.63, 3.8) is 0 Å². The van der Waals surface area contributed by atoms with E-state index in [1.165, 1.54) is 6.92 Å². The molecule has 0 amide bonds. The van der Waals surface area contributed by atoms with Gasteiger partial charge in [-0.25, -0.2) is 0 Å². The predicted octanol–water partition coefficient (Wildman–Crippen LogP) is 1.80. The number of hydrogen-bond acceptors (Lipinski definition) is 5. The molecule has 1 aromatic carbocycles. The molecule has 0 aliphatic carbocycles. The van der Waals surface area contributed by atoms with E-state index >= 15 is 0 Å². The minimum atomic E-state index is -0.375. The Morgan fingerprint density at radius 2 is 2.06 bits per heavy atom. The molecule has 0 spiro atoms. The van der Waals surface area contributed by atoms with E-state index in [1.807, 2.05) is 30.3 Å². The number of rotatable bonds is 3. The van der Waals surface area contributed by atoms with Crippen LogP contribution in [-0.2, 0) is 16.1 Å². The van der Waals surface area contributed by atoms with Crippen molar-refractivity contribution in [2.75, 3.05) is 0 Å². The first-order valence-corrected chi connectivity index (χ1v) is 4.77. The molecule has 5 nitrogen and oxygen atoms in total. The van der Waals surface area contributed by atoms with Gasteiger partial charge in [0.15, 0.2) is 6.61 Å². The fraction of sp³-hybridized carbons (Fsp3) is 0.182. The van der Waals surface area contributed by atoms with Gasteiger partial charge in [-0.1, -0.05) is 18.2 Å². The van der Waals surface area contributed by atoms with Gasteiger partial charge in [-0.05, 0) is 12.1 Å². The van der Waals surface area contributed by atoms with Crippen LogP contribution in [0.25, 0.3) is 11.5 Å². The van der Waals surface area contributed by atoms with Crippen molar-refractivity contribution in [2.45, 2.75) is 13.5 Å². The zero-order chi connectivity index (χ0) is 11.4. The summed E-state index contributed by atoms with van der Waals surface area (Å²) in [6, 6.07) is 9.39. The molecule has 0 aliphatic heterocycles. The van der Waals surface area contributed by atoms with E-state index in [0.29, 0.717) is 5.89 Å². The highest BCUT2D eigenvalue weighted by Crippen LogP contribution is 2.16. The Morgan fingerprint density at radius 1 is 1.31 bits per heavy atom. The lowest BCUT2D eigenvalue weighted by atomic mass is 10.2. The van der Waals surface area contributed by atoms with Gasteiger partial charge in [0, 0.05) is 12.5 Å². The highest BCUT2D eigenvalue weighted by Gasteiger charge is 2.08. The molecule has 0 N–H and O–H groups in total. The van der Waals surface area contributed by atoms with Crippen LogP contribution in [0.15, 0.2) is 34.7 Å². The summed E-state index contributed by atoms with van der Waals surface area (Å²) in [6.45, 7) is 1.34. The Labute approximate surface area is 92.1 Å². The van der Waals surface area contributed by atoms with Crippen LogP contribution in [0.2, 0.25) is 0 Å². The maximum absolute atomic E-state index is 10.6. The van der Waals surface area contributed by atoms with Gasteiger partial charge in [-0.15, -0.1) is 10.2 Å². The summed E-state index contributed by atoms with van der Waals surface area (Å²) in [6.07, 6.45) is 0. The molecule has 1 aromatic heterocycles. The number of esters is 1. The number of benzene rings is 1. The Kier molecular flexibility index (Phi) is 2.95. The molecule has 16 heavy (non-hydrogen) atoms. The topological polar surface area (TPSA) is 65.2 Å². The summed E-state index contributed by atoms with van der Waals surface area (Å²) in [7, 11) is 0. The zero-order valence-corrected chi connectivity index (χ0v) is 8.71. The van der Waals surface area contributed by atoms with Crippen LogP contribution in [0.5, 0.6) is 0 Å². The minimum absolute atomic E-state index is 0.00909. The van der Waals surface area contributed by atoms with E-state index in [4.69, 9.17) is 9.15 Å². The highest BCUT2D eigenvalue weighted by atomic mass is 16.5. The van der Waals surface area contributed by atoms with Crippen LogP contribution in [-0.4, -0.2) is 16.2 Å². The number of ether oxygens (including phenoxy) is 1. The van der Waals surface area contributed by atoms with Crippen LogP contribution >= 0.6 is 0 Å². The van der Waals surface area contributed by atoms with Crippen molar-refractivity contribution in [3.8, 4) is 11.5 Å². The Bertz CT molecular complexity index is 479. The molecule has 1 heterocycles. The number of nitrogens with zero attached hydrogens (tertiary/aromatic N) is 2. The average molecular weight is 218 g/mol. The van der Waals surface area contributed by atoms with Crippen molar-refractivity contribution in [1.82, 2.24) is 10.2 Å². The van der Waals surface area contributed by atoms with E-state index in [9.17, 15) is 4.79 Å². The quantitative estimate of drug-likeness (QED) is 0.735. The first-order valence-electron chi connectivity index (χ1n) is 4.77. The molecule has 0 fully saturated rings. The third kappa shape index (κ3) is 2.44. The number of carbonyl (C=O) groups is 1. The smallest absolute Gasteiger partial charge is 0.303 e. The van der Waals surface area contributed by atoms with E-state index in [0.717, 1.165) is 5.56 Å². The van der Waals surface area contributed by atoms with Gasteiger partial charge in [0.05, 0.1) is 0 Å². The normalized spacial score (nSPS) is 10.1. The summed E-state index contributed by atoms with van der Waals surface area (Å²) in [5.41, 5.74) is 0.837. The lowest BCUT2D eigenvalue weighted by Gasteiger charge is -1.95.